The zero-order valence-corrected chi connectivity index (χ0v) is 42.8. The van der Waals surface area contributed by atoms with E-state index >= 15 is 0 Å². The second kappa shape index (κ2) is 22.6. The first-order valence-corrected chi connectivity index (χ1v) is 26.0. The van der Waals surface area contributed by atoms with Crippen molar-refractivity contribution in [3.8, 4) is 23.0 Å². The number of benzene rings is 5. The van der Waals surface area contributed by atoms with Crippen LogP contribution in [0.3, 0.4) is 0 Å². The van der Waals surface area contributed by atoms with Crippen molar-refractivity contribution in [3.05, 3.63) is 148 Å². The van der Waals surface area contributed by atoms with Gasteiger partial charge in [0.15, 0.2) is 11.4 Å². The lowest BCUT2D eigenvalue weighted by atomic mass is 9.77. The molecule has 15 heteroatoms. The first kappa shape index (κ1) is 51.8. The maximum absolute atomic E-state index is 14.0. The quantitative estimate of drug-likeness (QED) is 0.0340. The van der Waals surface area contributed by atoms with Crippen molar-refractivity contribution in [2.24, 2.45) is 11.8 Å². The van der Waals surface area contributed by atoms with E-state index in [1.165, 1.54) is 26.0 Å². The first-order valence-electron chi connectivity index (χ1n) is 26.0. The Morgan fingerprint density at radius 3 is 2.03 bits per heavy atom. The molecular formula is C60H62N4O11. The molecule has 15 nitrogen and oxygen atoms in total. The molecule has 1 saturated carbocycles. The number of esters is 3. The van der Waals surface area contributed by atoms with Crippen LogP contribution in [0.25, 0.3) is 10.9 Å². The van der Waals surface area contributed by atoms with Gasteiger partial charge < -0.3 is 39.0 Å². The summed E-state index contributed by atoms with van der Waals surface area (Å²) in [6, 6.07) is 32.0. The number of nitrogens with one attached hydrogen (secondary N) is 2. The normalized spacial score (nSPS) is 15.9. The molecule has 1 aromatic heterocycles. The molecule has 3 aliphatic rings. The molecule has 1 fully saturated rings. The van der Waals surface area contributed by atoms with E-state index in [-0.39, 0.29) is 70.4 Å². The van der Waals surface area contributed by atoms with Gasteiger partial charge in [-0.3, -0.25) is 28.8 Å². The Balaban J connectivity index is 0.734. The lowest BCUT2D eigenvalue weighted by Gasteiger charge is -2.36. The van der Waals surface area contributed by atoms with Crippen molar-refractivity contribution >= 4 is 58.0 Å². The van der Waals surface area contributed by atoms with Gasteiger partial charge in [0.05, 0.1) is 11.3 Å². The predicted molar refractivity (Wildman–Crippen MR) is 281 cm³/mol. The molecule has 1 spiro atoms. The van der Waals surface area contributed by atoms with Gasteiger partial charge in [-0.25, -0.2) is 4.79 Å². The standard InChI is InChI=1S/C60H62N4O11/c1-5-39-14-13-16-44(30-39)63(6-2)56(68)36-64-51-17-10-9-15-42(51)33-52(64)53(67)31-40-18-20-41(21-19-40)57(69)61-28-11-7-8-12-29-62-58(70)43-22-25-47-50(32-43)60(75-59(47)71)48-26-23-45(72-37(3)65)34-54(48)74-55-35-46(73-38(4)66)24-27-49(55)60/h9-10,13-17,22-27,30,32-35,40-41H,5-8,11-12,18-21,28-29,31,36H2,1-4H3,(H,61,69)(H,62,70). The number of ketones is 1. The number of Topliss-reactive ketones (excluding diaryl/α,β-unsaturated/α-hetero) is 1. The Kier molecular flexibility index (Phi) is 15.6. The minimum atomic E-state index is -1.54. The highest BCUT2D eigenvalue weighted by molar-refractivity contribution is 6.03. The third-order valence-electron chi connectivity index (χ3n) is 14.6. The molecule has 3 heterocycles. The smallest absolute Gasteiger partial charge is 0.340 e. The molecule has 3 amide bonds. The van der Waals surface area contributed by atoms with Crippen molar-refractivity contribution in [2.45, 2.75) is 104 Å². The molecule has 5 aromatic carbocycles. The van der Waals surface area contributed by atoms with Crippen molar-refractivity contribution in [2.75, 3.05) is 24.5 Å². The molecule has 9 rings (SSSR count). The largest absolute Gasteiger partial charge is 0.456 e. The van der Waals surface area contributed by atoms with Crippen LogP contribution in [-0.2, 0) is 42.5 Å². The van der Waals surface area contributed by atoms with Crippen molar-refractivity contribution < 1.29 is 52.5 Å². The average Bonchev–Trinajstić information content (AvgIpc) is 3.95. The van der Waals surface area contributed by atoms with Crippen LogP contribution in [0.15, 0.2) is 109 Å². The van der Waals surface area contributed by atoms with Crippen LogP contribution in [0.1, 0.15) is 139 Å². The van der Waals surface area contributed by atoms with Gasteiger partial charge in [-0.05, 0) is 130 Å². The second-order valence-electron chi connectivity index (χ2n) is 19.6. The number of carbonyl (C=O) groups excluding carboxylic acids is 7. The Bertz CT molecular complexity index is 3140. The highest BCUT2D eigenvalue weighted by atomic mass is 16.6. The Morgan fingerprint density at radius 2 is 1.37 bits per heavy atom. The van der Waals surface area contributed by atoms with Crippen LogP contribution < -0.4 is 29.7 Å². The van der Waals surface area contributed by atoms with Gasteiger partial charge in [0, 0.05) is 96.8 Å². The van der Waals surface area contributed by atoms with Crippen molar-refractivity contribution in [1.29, 1.82) is 0 Å². The highest BCUT2D eigenvalue weighted by Crippen LogP contribution is 2.57. The summed E-state index contributed by atoms with van der Waals surface area (Å²) in [5, 5.41) is 7.04. The van der Waals surface area contributed by atoms with E-state index < -0.39 is 23.5 Å². The fraction of sp³-hybridized carbons (Fsp3) is 0.350. The van der Waals surface area contributed by atoms with Gasteiger partial charge in [-0.1, -0.05) is 50.1 Å². The first-order chi connectivity index (χ1) is 36.3. The molecule has 0 radical (unpaired) electrons. The number of nitrogens with zero attached hydrogens (tertiary/aromatic N) is 2. The Morgan fingerprint density at radius 1 is 0.707 bits per heavy atom. The van der Waals surface area contributed by atoms with Crippen LogP contribution in [-0.4, -0.2) is 65.6 Å². The summed E-state index contributed by atoms with van der Waals surface area (Å²) in [5.74, 6) is -1.08. The number of likely N-dealkylation sites (N-methyl/N-ethyl adjacent to an activating group) is 1. The van der Waals surface area contributed by atoms with E-state index in [1.807, 2.05) is 54.0 Å². The van der Waals surface area contributed by atoms with Gasteiger partial charge in [0.2, 0.25) is 11.8 Å². The third-order valence-corrected chi connectivity index (χ3v) is 14.6. The summed E-state index contributed by atoms with van der Waals surface area (Å²) >= 11 is 0. The zero-order chi connectivity index (χ0) is 52.8. The second-order valence-corrected chi connectivity index (χ2v) is 19.6. The summed E-state index contributed by atoms with van der Waals surface area (Å²) in [5.41, 5.74) is 3.76. The van der Waals surface area contributed by atoms with Crippen LogP contribution in [0.4, 0.5) is 5.69 Å². The van der Waals surface area contributed by atoms with Crippen LogP contribution in [0.2, 0.25) is 0 Å². The number of ether oxygens (including phenoxy) is 4. The number of rotatable bonds is 19. The number of fused-ring (bicyclic) bond motifs is 7. The highest BCUT2D eigenvalue weighted by Gasteiger charge is 2.54. The van der Waals surface area contributed by atoms with Gasteiger partial charge >= 0.3 is 17.9 Å². The number of carbonyl (C=O) groups is 7. The Hall–Kier alpha value is -8.07. The van der Waals surface area contributed by atoms with Gasteiger partial charge in [-0.2, -0.15) is 0 Å². The van der Waals surface area contributed by atoms with Crippen LogP contribution in [0, 0.1) is 11.8 Å². The van der Waals surface area contributed by atoms with Crippen LogP contribution >= 0.6 is 0 Å². The lowest BCUT2D eigenvalue weighted by molar-refractivity contribution is -0.132. The topological polar surface area (TPSA) is 189 Å². The molecule has 0 unspecified atom stereocenters. The molecule has 0 bridgehead atoms. The molecular weight excluding hydrogens is 953 g/mol. The molecule has 2 aliphatic heterocycles. The molecule has 2 N–H and O–H groups in total. The number of unbranched alkanes of at least 4 members (excludes halogenated alkanes) is 3. The van der Waals surface area contributed by atoms with Crippen LogP contribution in [0.5, 0.6) is 23.0 Å². The summed E-state index contributed by atoms with van der Waals surface area (Å²) in [7, 11) is 0. The van der Waals surface area contributed by atoms with Gasteiger partial charge in [0.1, 0.15) is 29.5 Å². The number of aryl methyl sites for hydroxylation is 1. The lowest BCUT2D eigenvalue weighted by Crippen LogP contribution is -2.35. The van der Waals surface area contributed by atoms with E-state index in [2.05, 4.69) is 29.7 Å². The van der Waals surface area contributed by atoms with E-state index in [4.69, 9.17) is 18.9 Å². The molecule has 6 aromatic rings. The van der Waals surface area contributed by atoms with Gasteiger partial charge in [-0.15, -0.1) is 0 Å². The number of hydrogen-bond donors (Lipinski definition) is 2. The van der Waals surface area contributed by atoms with E-state index in [0.717, 1.165) is 60.7 Å². The number of hydrogen-bond acceptors (Lipinski definition) is 11. The molecule has 0 saturated heterocycles. The van der Waals surface area contributed by atoms with E-state index in [1.54, 1.807) is 47.4 Å². The third kappa shape index (κ3) is 11.1. The van der Waals surface area contributed by atoms with Gasteiger partial charge in [0.25, 0.3) is 5.91 Å². The fourth-order valence-electron chi connectivity index (χ4n) is 10.8. The predicted octanol–water partition coefficient (Wildman–Crippen LogP) is 10.2. The fourth-order valence-corrected chi connectivity index (χ4v) is 10.8. The molecule has 0 atom stereocenters. The minimum Gasteiger partial charge on any atom is -0.456 e. The van der Waals surface area contributed by atoms with Crippen molar-refractivity contribution in [3.63, 3.8) is 0 Å². The van der Waals surface area contributed by atoms with E-state index in [0.29, 0.717) is 73.3 Å². The summed E-state index contributed by atoms with van der Waals surface area (Å²) in [6.45, 7) is 8.14. The summed E-state index contributed by atoms with van der Waals surface area (Å²) < 4.78 is 25.0. The molecule has 75 heavy (non-hydrogen) atoms. The summed E-state index contributed by atoms with van der Waals surface area (Å²) in [6.07, 6.45) is 7.42. The number of anilines is 1. The number of amides is 3. The molecule has 388 valence electrons. The zero-order valence-electron chi connectivity index (χ0n) is 42.8. The summed E-state index contributed by atoms with van der Waals surface area (Å²) in [4.78, 5) is 93.6. The average molecular weight is 1020 g/mol. The maximum Gasteiger partial charge on any atom is 0.340 e. The Labute approximate surface area is 435 Å². The number of para-hydroxylation sites is 1. The monoisotopic (exact) mass is 1010 g/mol. The van der Waals surface area contributed by atoms with Crippen molar-refractivity contribution in [1.82, 2.24) is 15.2 Å². The molecule has 1 aliphatic carbocycles. The van der Waals surface area contributed by atoms with E-state index in [9.17, 15) is 33.6 Å². The maximum atomic E-state index is 14.0. The minimum absolute atomic E-state index is 0.0121. The number of aromatic nitrogens is 1. The SMILES string of the molecule is CCc1cccc(N(CC)C(=O)Cn2c(C(=O)CC3CCC(C(=O)NCCCCCCNC(=O)c4ccc5c(c4)C4(OC5=O)c5ccc(OC(C)=O)cc5Oc5cc(OC(C)=O)ccc54)CC3)cc3ccccc32)c1.